The van der Waals surface area contributed by atoms with Crippen molar-refractivity contribution in [2.75, 3.05) is 12.8 Å². The van der Waals surface area contributed by atoms with E-state index in [1.54, 1.807) is 13.0 Å². The lowest BCUT2D eigenvalue weighted by atomic mass is 9.99. The van der Waals surface area contributed by atoms with Gasteiger partial charge in [-0.3, -0.25) is 4.79 Å². The van der Waals surface area contributed by atoms with Gasteiger partial charge in [0, 0.05) is 12.8 Å². The molecule has 142 valence electrons. The third-order valence-corrected chi connectivity index (χ3v) is 6.64. The number of carbonyl (C=O) groups excluding carboxylic acids is 1. The molecule has 1 amide bonds. The average molecular weight is 405 g/mol. The fourth-order valence-electron chi connectivity index (χ4n) is 2.36. The molecule has 0 saturated carbocycles. The Hall–Kier alpha value is -1.87. The van der Waals surface area contributed by atoms with Crippen LogP contribution in [0.25, 0.3) is 0 Å². The van der Waals surface area contributed by atoms with Gasteiger partial charge in [0.05, 0.1) is 10.5 Å². The number of carbonyl (C=O) groups is 1. The van der Waals surface area contributed by atoms with E-state index in [1.807, 2.05) is 0 Å². The molecule has 1 heterocycles. The summed E-state index contributed by atoms with van der Waals surface area (Å²) in [5.41, 5.74) is 0.340. The van der Waals surface area contributed by atoms with Crippen molar-refractivity contribution in [3.8, 4) is 0 Å². The van der Waals surface area contributed by atoms with Gasteiger partial charge >= 0.3 is 6.18 Å². The number of rotatable bonds is 4. The van der Waals surface area contributed by atoms with Gasteiger partial charge in [-0.1, -0.05) is 12.2 Å². The van der Waals surface area contributed by atoms with Crippen LogP contribution in [0.5, 0.6) is 0 Å². The molecule has 1 aliphatic rings. The van der Waals surface area contributed by atoms with Crippen molar-refractivity contribution in [2.24, 2.45) is 0 Å². The smallest absolute Gasteiger partial charge is 0.347 e. The SMILES string of the molecule is CC1=C/C(C(F)(F)F)=C\CC/C=C\1CNC(=O)c1ccc(S(C)(=O)=O)s1. The third kappa shape index (κ3) is 5.31. The van der Waals surface area contributed by atoms with E-state index < -0.39 is 27.5 Å². The Morgan fingerprint density at radius 3 is 2.46 bits per heavy atom. The fourth-order valence-corrected chi connectivity index (χ4v) is 4.20. The molecule has 4 nitrogen and oxygen atoms in total. The van der Waals surface area contributed by atoms with Gasteiger partial charge in [-0.25, -0.2) is 8.42 Å². The summed E-state index contributed by atoms with van der Waals surface area (Å²) in [5, 5.41) is 2.63. The molecule has 9 heteroatoms. The molecule has 1 aromatic heterocycles. The summed E-state index contributed by atoms with van der Waals surface area (Å²) in [5.74, 6) is -0.466. The minimum absolute atomic E-state index is 0.0679. The monoisotopic (exact) mass is 405 g/mol. The molecular weight excluding hydrogens is 387 g/mol. The average Bonchev–Trinajstić information content (AvgIpc) is 2.99. The first-order chi connectivity index (χ1) is 12.0. The van der Waals surface area contributed by atoms with Crippen LogP contribution in [0.1, 0.15) is 29.4 Å². The number of halogens is 3. The molecule has 26 heavy (non-hydrogen) atoms. The normalized spacial score (nSPS) is 22.1. The van der Waals surface area contributed by atoms with Crippen molar-refractivity contribution in [3.63, 3.8) is 0 Å². The number of hydrogen-bond donors (Lipinski definition) is 1. The molecule has 0 unspecified atom stereocenters. The second kappa shape index (κ2) is 7.79. The van der Waals surface area contributed by atoms with Crippen LogP contribution >= 0.6 is 11.3 Å². The molecule has 0 spiro atoms. The first kappa shape index (κ1) is 20.4. The maximum absolute atomic E-state index is 12.9. The zero-order valence-electron chi connectivity index (χ0n) is 14.2. The van der Waals surface area contributed by atoms with Crippen molar-refractivity contribution in [3.05, 3.63) is 52.0 Å². The minimum atomic E-state index is -4.41. The number of sulfone groups is 1. The number of alkyl halides is 3. The van der Waals surface area contributed by atoms with Crippen LogP contribution < -0.4 is 5.32 Å². The van der Waals surface area contributed by atoms with Crippen LogP contribution in [0.15, 0.2) is 51.3 Å². The largest absolute Gasteiger partial charge is 0.416 e. The molecule has 0 aromatic carbocycles. The standard InChI is InChI=1S/C17H18F3NO3S2/c1-11-9-13(17(18,19)20)6-4-3-5-12(11)10-21-16(22)14-7-8-15(25-14)26(2,23)24/h5-9H,3-4,10H2,1-2H3,(H,21,22)/b11-9-,12-5-,13-6+. The molecule has 0 aliphatic heterocycles. The Labute approximate surface area is 154 Å². The van der Waals surface area contributed by atoms with E-state index in [-0.39, 0.29) is 22.1 Å². The Bertz CT molecular complexity index is 891. The highest BCUT2D eigenvalue weighted by molar-refractivity contribution is 7.92. The highest BCUT2D eigenvalue weighted by Gasteiger charge is 2.32. The summed E-state index contributed by atoms with van der Waals surface area (Å²) in [6, 6.07) is 2.77. The molecule has 0 bridgehead atoms. The fraction of sp³-hybridized carbons (Fsp3) is 0.353. The van der Waals surface area contributed by atoms with E-state index in [2.05, 4.69) is 5.32 Å². The molecule has 2 rings (SSSR count). The first-order valence-corrected chi connectivity index (χ1v) is 10.4. The Kier molecular flexibility index (Phi) is 6.13. The van der Waals surface area contributed by atoms with Crippen LogP contribution in [-0.4, -0.2) is 33.3 Å². The lowest BCUT2D eigenvalue weighted by Gasteiger charge is -2.15. The first-order valence-electron chi connectivity index (χ1n) is 7.71. The molecular formula is C17H18F3NO3S2. The summed E-state index contributed by atoms with van der Waals surface area (Å²) in [6.45, 7) is 1.63. The van der Waals surface area contributed by atoms with Gasteiger partial charge in [0.1, 0.15) is 4.21 Å². The number of hydrogen-bond acceptors (Lipinski definition) is 4. The summed E-state index contributed by atoms with van der Waals surface area (Å²) in [6.07, 6.45) is 1.38. The summed E-state index contributed by atoms with van der Waals surface area (Å²) >= 11 is 0.855. The minimum Gasteiger partial charge on any atom is -0.347 e. The van der Waals surface area contributed by atoms with Crippen LogP contribution in [0, 0.1) is 0 Å². The highest BCUT2D eigenvalue weighted by Crippen LogP contribution is 2.30. The molecule has 0 fully saturated rings. The van der Waals surface area contributed by atoms with Gasteiger partial charge in [-0.15, -0.1) is 11.3 Å². The van der Waals surface area contributed by atoms with Crippen molar-refractivity contribution in [1.82, 2.24) is 5.32 Å². The third-order valence-electron chi connectivity index (χ3n) is 3.74. The number of nitrogens with one attached hydrogen (secondary N) is 1. The Balaban J connectivity index is 2.10. The predicted molar refractivity (Wildman–Crippen MR) is 95.0 cm³/mol. The number of thiophene rings is 1. The highest BCUT2D eigenvalue weighted by atomic mass is 32.2. The Morgan fingerprint density at radius 2 is 1.88 bits per heavy atom. The van der Waals surface area contributed by atoms with E-state index in [4.69, 9.17) is 0 Å². The zero-order valence-corrected chi connectivity index (χ0v) is 15.8. The second-order valence-electron chi connectivity index (χ2n) is 5.86. The molecule has 1 aliphatic carbocycles. The number of allylic oxidation sites excluding steroid dienone is 4. The van der Waals surface area contributed by atoms with Crippen molar-refractivity contribution in [1.29, 1.82) is 0 Å². The maximum Gasteiger partial charge on any atom is 0.416 e. The van der Waals surface area contributed by atoms with Crippen LogP contribution in [-0.2, 0) is 9.84 Å². The van der Waals surface area contributed by atoms with Crippen molar-refractivity contribution >= 4 is 27.1 Å². The predicted octanol–water partition coefficient (Wildman–Crippen LogP) is 4.04. The molecule has 0 atom stereocenters. The van der Waals surface area contributed by atoms with Crippen molar-refractivity contribution < 1.29 is 26.4 Å². The quantitative estimate of drug-likeness (QED) is 0.822. The van der Waals surface area contributed by atoms with E-state index in [9.17, 15) is 26.4 Å². The molecule has 0 radical (unpaired) electrons. The maximum atomic E-state index is 12.9. The summed E-state index contributed by atoms with van der Waals surface area (Å²) in [4.78, 5) is 12.4. The van der Waals surface area contributed by atoms with Crippen molar-refractivity contribution in [2.45, 2.75) is 30.2 Å². The number of amides is 1. The van der Waals surface area contributed by atoms with E-state index in [0.717, 1.165) is 29.7 Å². The molecule has 1 N–H and O–H groups in total. The van der Waals surface area contributed by atoms with Gasteiger partial charge in [0.25, 0.3) is 5.91 Å². The van der Waals surface area contributed by atoms with Gasteiger partial charge in [0.2, 0.25) is 0 Å². The molecule has 1 aromatic rings. The van der Waals surface area contributed by atoms with Crippen LogP contribution in [0.4, 0.5) is 13.2 Å². The topological polar surface area (TPSA) is 63.2 Å². The summed E-state index contributed by atoms with van der Waals surface area (Å²) < 4.78 is 61.8. The van der Waals surface area contributed by atoms with Gasteiger partial charge in [-0.2, -0.15) is 13.2 Å². The van der Waals surface area contributed by atoms with E-state index in [0.29, 0.717) is 17.6 Å². The van der Waals surface area contributed by atoms with Crippen LogP contribution in [0.3, 0.4) is 0 Å². The molecule has 0 saturated heterocycles. The van der Waals surface area contributed by atoms with Gasteiger partial charge in [0.15, 0.2) is 9.84 Å². The Morgan fingerprint density at radius 1 is 1.23 bits per heavy atom. The van der Waals surface area contributed by atoms with Gasteiger partial charge < -0.3 is 5.32 Å². The van der Waals surface area contributed by atoms with E-state index in [1.165, 1.54) is 12.1 Å². The zero-order chi connectivity index (χ0) is 19.5. The lowest BCUT2D eigenvalue weighted by Crippen LogP contribution is -2.25. The van der Waals surface area contributed by atoms with E-state index >= 15 is 0 Å². The van der Waals surface area contributed by atoms with Crippen LogP contribution in [0.2, 0.25) is 0 Å². The second-order valence-corrected chi connectivity index (χ2v) is 9.19. The lowest BCUT2D eigenvalue weighted by molar-refractivity contribution is -0.0885. The van der Waals surface area contributed by atoms with Gasteiger partial charge in [-0.05, 0) is 49.1 Å². The summed E-state index contributed by atoms with van der Waals surface area (Å²) in [7, 11) is -3.38.